The molecule has 3 rings (SSSR count). The first-order valence-electron chi connectivity index (χ1n) is 8.37. The Labute approximate surface area is 131 Å². The van der Waals surface area contributed by atoms with Crippen molar-refractivity contribution < 1.29 is 14.6 Å². The number of amides is 1. The van der Waals surface area contributed by atoms with Gasteiger partial charge in [0.15, 0.2) is 0 Å². The Morgan fingerprint density at radius 3 is 3.05 bits per heavy atom. The number of nitrogens with one attached hydrogen (secondary N) is 1. The lowest BCUT2D eigenvalue weighted by molar-refractivity contribution is -0.131. The van der Waals surface area contributed by atoms with Gasteiger partial charge in [0, 0.05) is 18.9 Å². The van der Waals surface area contributed by atoms with Crippen LogP contribution in [0.3, 0.4) is 0 Å². The van der Waals surface area contributed by atoms with Gasteiger partial charge in [-0.1, -0.05) is 37.6 Å². The van der Waals surface area contributed by atoms with E-state index in [-0.39, 0.29) is 24.0 Å². The van der Waals surface area contributed by atoms with Crippen LogP contribution in [0.15, 0.2) is 24.3 Å². The molecule has 1 aromatic rings. The molecule has 0 radical (unpaired) electrons. The van der Waals surface area contributed by atoms with E-state index in [0.717, 1.165) is 36.8 Å². The maximum Gasteiger partial charge on any atom is 0.223 e. The summed E-state index contributed by atoms with van der Waals surface area (Å²) in [5, 5.41) is 13.3. The van der Waals surface area contributed by atoms with E-state index in [1.54, 1.807) is 0 Å². The smallest absolute Gasteiger partial charge is 0.223 e. The van der Waals surface area contributed by atoms with E-state index in [0.29, 0.717) is 13.0 Å². The van der Waals surface area contributed by atoms with Crippen LogP contribution in [0.2, 0.25) is 0 Å². The summed E-state index contributed by atoms with van der Waals surface area (Å²) in [6.07, 6.45) is 3.96. The Hall–Kier alpha value is -1.39. The van der Waals surface area contributed by atoms with E-state index in [1.165, 1.54) is 0 Å². The van der Waals surface area contributed by atoms with E-state index in [4.69, 9.17) is 4.74 Å². The average molecular weight is 303 g/mol. The van der Waals surface area contributed by atoms with Crippen molar-refractivity contribution in [1.29, 1.82) is 0 Å². The van der Waals surface area contributed by atoms with Crippen molar-refractivity contribution in [1.82, 2.24) is 5.32 Å². The minimum atomic E-state index is -0.521. The fourth-order valence-corrected chi connectivity index (χ4v) is 3.66. The Kier molecular flexibility index (Phi) is 4.79. The number of fused-ring (bicyclic) bond motifs is 1. The molecule has 4 atom stereocenters. The molecular weight excluding hydrogens is 278 g/mol. The zero-order valence-corrected chi connectivity index (χ0v) is 13.1. The third-order valence-corrected chi connectivity index (χ3v) is 4.85. The minimum Gasteiger partial charge on any atom is -0.390 e. The molecule has 1 saturated heterocycles. The summed E-state index contributed by atoms with van der Waals surface area (Å²) in [6, 6.07) is 7.69. The molecule has 0 saturated carbocycles. The highest BCUT2D eigenvalue weighted by molar-refractivity contribution is 5.79. The molecule has 1 aromatic carbocycles. The number of carbonyl (C=O) groups excluding carboxylic acids is 1. The molecule has 4 unspecified atom stereocenters. The van der Waals surface area contributed by atoms with Gasteiger partial charge in [0.25, 0.3) is 0 Å². The highest BCUT2D eigenvalue weighted by Gasteiger charge is 2.35. The van der Waals surface area contributed by atoms with Gasteiger partial charge in [0.05, 0.1) is 18.2 Å². The van der Waals surface area contributed by atoms with Gasteiger partial charge in [-0.05, 0) is 30.4 Å². The number of aliphatic hydroxyl groups excluding tert-OH is 1. The number of rotatable bonds is 4. The van der Waals surface area contributed by atoms with Crippen LogP contribution >= 0.6 is 0 Å². The molecule has 4 nitrogen and oxygen atoms in total. The largest absolute Gasteiger partial charge is 0.390 e. The van der Waals surface area contributed by atoms with Gasteiger partial charge >= 0.3 is 0 Å². The zero-order chi connectivity index (χ0) is 15.5. The number of aliphatic hydroxyl groups is 1. The number of carbonyl (C=O) groups is 1. The predicted octanol–water partition coefficient (Wildman–Crippen LogP) is 2.36. The van der Waals surface area contributed by atoms with Gasteiger partial charge < -0.3 is 15.2 Å². The van der Waals surface area contributed by atoms with Crippen LogP contribution in [0.4, 0.5) is 0 Å². The third kappa shape index (κ3) is 3.18. The van der Waals surface area contributed by atoms with Crippen molar-refractivity contribution in [2.24, 2.45) is 5.92 Å². The Bertz CT molecular complexity index is 529. The lowest BCUT2D eigenvalue weighted by Gasteiger charge is -2.30. The second kappa shape index (κ2) is 6.80. The molecule has 1 amide bonds. The lowest BCUT2D eigenvalue weighted by atomic mass is 9.92. The SMILES string of the molecule is CCCC1CC(C(=O)NC2c3ccccc3CC2O)CCO1. The van der Waals surface area contributed by atoms with E-state index in [2.05, 4.69) is 12.2 Å². The molecule has 1 fully saturated rings. The van der Waals surface area contributed by atoms with Crippen molar-refractivity contribution in [3.05, 3.63) is 35.4 Å². The summed E-state index contributed by atoms with van der Waals surface area (Å²) >= 11 is 0. The Balaban J connectivity index is 1.64. The fraction of sp³-hybridized carbons (Fsp3) is 0.611. The molecule has 120 valence electrons. The molecule has 2 N–H and O–H groups in total. The standard InChI is InChI=1S/C18H25NO3/c1-2-5-14-10-13(8-9-22-14)18(21)19-17-15-7-4-3-6-12(15)11-16(17)20/h3-4,6-7,13-14,16-17,20H,2,5,8-11H2,1H3,(H,19,21). The zero-order valence-electron chi connectivity index (χ0n) is 13.1. The molecule has 1 heterocycles. The monoisotopic (exact) mass is 303 g/mol. The number of benzene rings is 1. The van der Waals surface area contributed by atoms with E-state index in [1.807, 2.05) is 24.3 Å². The Morgan fingerprint density at radius 2 is 2.23 bits per heavy atom. The molecule has 0 aromatic heterocycles. The maximum absolute atomic E-state index is 12.6. The van der Waals surface area contributed by atoms with Gasteiger partial charge in [-0.3, -0.25) is 4.79 Å². The molecular formula is C18H25NO3. The summed E-state index contributed by atoms with van der Waals surface area (Å²) in [5.74, 6) is 0.0652. The van der Waals surface area contributed by atoms with Gasteiger partial charge in [-0.25, -0.2) is 0 Å². The van der Waals surface area contributed by atoms with Crippen molar-refractivity contribution in [3.63, 3.8) is 0 Å². The van der Waals surface area contributed by atoms with Crippen molar-refractivity contribution in [3.8, 4) is 0 Å². The summed E-state index contributed by atoms with van der Waals surface area (Å²) in [7, 11) is 0. The van der Waals surface area contributed by atoms with Crippen LogP contribution in [-0.4, -0.2) is 29.8 Å². The summed E-state index contributed by atoms with van der Waals surface area (Å²) in [5.41, 5.74) is 2.19. The summed E-state index contributed by atoms with van der Waals surface area (Å²) < 4.78 is 5.72. The number of hydrogen-bond acceptors (Lipinski definition) is 3. The minimum absolute atomic E-state index is 0.00487. The molecule has 0 spiro atoms. The number of hydrogen-bond donors (Lipinski definition) is 2. The average Bonchev–Trinajstić information content (AvgIpc) is 2.84. The van der Waals surface area contributed by atoms with Gasteiger partial charge in [-0.2, -0.15) is 0 Å². The highest BCUT2D eigenvalue weighted by Crippen LogP contribution is 2.32. The second-order valence-electron chi connectivity index (χ2n) is 6.46. The fourth-order valence-electron chi connectivity index (χ4n) is 3.66. The van der Waals surface area contributed by atoms with Gasteiger partial charge in [0.2, 0.25) is 5.91 Å². The predicted molar refractivity (Wildman–Crippen MR) is 84.4 cm³/mol. The van der Waals surface area contributed by atoms with Crippen LogP contribution in [0, 0.1) is 5.92 Å². The molecule has 1 aliphatic carbocycles. The van der Waals surface area contributed by atoms with Crippen LogP contribution in [0.5, 0.6) is 0 Å². The topological polar surface area (TPSA) is 58.6 Å². The van der Waals surface area contributed by atoms with E-state index in [9.17, 15) is 9.90 Å². The van der Waals surface area contributed by atoms with Crippen LogP contribution in [-0.2, 0) is 16.0 Å². The molecule has 0 bridgehead atoms. The van der Waals surface area contributed by atoms with E-state index < -0.39 is 6.10 Å². The quantitative estimate of drug-likeness (QED) is 0.897. The second-order valence-corrected chi connectivity index (χ2v) is 6.46. The molecule has 2 aliphatic rings. The molecule has 22 heavy (non-hydrogen) atoms. The molecule has 4 heteroatoms. The van der Waals surface area contributed by atoms with E-state index >= 15 is 0 Å². The first-order chi connectivity index (χ1) is 10.7. The maximum atomic E-state index is 12.6. The van der Waals surface area contributed by atoms with Crippen molar-refractivity contribution in [2.45, 2.75) is 57.3 Å². The van der Waals surface area contributed by atoms with Gasteiger partial charge in [0.1, 0.15) is 0 Å². The third-order valence-electron chi connectivity index (χ3n) is 4.85. The first-order valence-corrected chi connectivity index (χ1v) is 8.37. The summed E-state index contributed by atoms with van der Waals surface area (Å²) in [6.45, 7) is 2.80. The van der Waals surface area contributed by atoms with Crippen LogP contribution in [0.25, 0.3) is 0 Å². The van der Waals surface area contributed by atoms with Crippen molar-refractivity contribution >= 4 is 5.91 Å². The molecule has 1 aliphatic heterocycles. The normalized spacial score (nSPS) is 30.8. The van der Waals surface area contributed by atoms with Crippen molar-refractivity contribution in [2.75, 3.05) is 6.61 Å². The Morgan fingerprint density at radius 1 is 1.41 bits per heavy atom. The lowest BCUT2D eigenvalue weighted by Crippen LogP contribution is -2.41. The number of ether oxygens (including phenoxy) is 1. The van der Waals surface area contributed by atoms with Gasteiger partial charge in [-0.15, -0.1) is 0 Å². The summed E-state index contributed by atoms with van der Waals surface area (Å²) in [4.78, 5) is 12.6. The van der Waals surface area contributed by atoms with Crippen LogP contribution < -0.4 is 5.32 Å². The van der Waals surface area contributed by atoms with Crippen LogP contribution in [0.1, 0.15) is 49.8 Å². The highest BCUT2D eigenvalue weighted by atomic mass is 16.5. The first kappa shape index (κ1) is 15.5.